The molecule has 1 saturated carbocycles. The lowest BCUT2D eigenvalue weighted by Crippen LogP contribution is -2.35. The third-order valence-corrected chi connectivity index (χ3v) is 2.42. The van der Waals surface area contributed by atoms with Crippen molar-refractivity contribution in [2.24, 2.45) is 11.7 Å². The predicted octanol–water partition coefficient (Wildman–Crippen LogP) is 1.41. The van der Waals surface area contributed by atoms with Crippen LogP contribution in [0.5, 0.6) is 0 Å². The Balaban J connectivity index is 2.29. The molecule has 0 radical (unpaired) electrons. The number of ether oxygens (including phenoxy) is 1. The molecule has 0 heterocycles. The lowest BCUT2D eigenvalue weighted by Gasteiger charge is -2.26. The number of hydrogen-bond donors (Lipinski definition) is 1. The Morgan fingerprint density at radius 2 is 2.00 bits per heavy atom. The highest BCUT2D eigenvalue weighted by atomic mass is 16.6. The van der Waals surface area contributed by atoms with Crippen molar-refractivity contribution in [3.63, 3.8) is 0 Å². The Morgan fingerprint density at radius 1 is 1.42 bits per heavy atom. The smallest absolute Gasteiger partial charge is 0.304 e. The van der Waals surface area contributed by atoms with Crippen LogP contribution in [0.3, 0.4) is 0 Å². The van der Waals surface area contributed by atoms with Gasteiger partial charge in [-0.15, -0.1) is 0 Å². The molecule has 1 fully saturated rings. The molecular formula is C9H17NO2. The quantitative estimate of drug-likeness (QED) is 0.505. The summed E-state index contributed by atoms with van der Waals surface area (Å²) < 4.78 is 4.93. The van der Waals surface area contributed by atoms with Gasteiger partial charge in [0, 0.05) is 12.8 Å². The van der Waals surface area contributed by atoms with E-state index in [4.69, 9.17) is 10.5 Å². The van der Waals surface area contributed by atoms with Crippen molar-refractivity contribution < 1.29 is 9.53 Å². The molecule has 1 atom stereocenters. The minimum absolute atomic E-state index is 0.270. The van der Waals surface area contributed by atoms with Crippen LogP contribution in [0.1, 0.15) is 39.0 Å². The molecule has 0 bridgehead atoms. The van der Waals surface area contributed by atoms with Crippen LogP contribution in [0.2, 0.25) is 0 Å². The topological polar surface area (TPSA) is 52.3 Å². The van der Waals surface area contributed by atoms with Crippen molar-refractivity contribution in [3.05, 3.63) is 0 Å². The molecule has 0 aliphatic heterocycles. The summed E-state index contributed by atoms with van der Waals surface area (Å²) in [6, 6.07) is 0. The van der Waals surface area contributed by atoms with Crippen molar-refractivity contribution in [2.75, 3.05) is 0 Å². The maximum absolute atomic E-state index is 10.6. The van der Waals surface area contributed by atoms with Crippen molar-refractivity contribution in [3.8, 4) is 0 Å². The van der Waals surface area contributed by atoms with Gasteiger partial charge in [0.15, 0.2) is 6.23 Å². The second-order valence-electron chi connectivity index (χ2n) is 3.47. The van der Waals surface area contributed by atoms with E-state index < -0.39 is 0 Å². The Bertz CT molecular complexity index is 153. The molecule has 0 aromatic heterocycles. The van der Waals surface area contributed by atoms with Gasteiger partial charge >= 0.3 is 5.97 Å². The van der Waals surface area contributed by atoms with E-state index in [1.54, 1.807) is 0 Å². The fourth-order valence-electron chi connectivity index (χ4n) is 1.75. The maximum atomic E-state index is 10.6. The van der Waals surface area contributed by atoms with Gasteiger partial charge in [0.2, 0.25) is 0 Å². The molecule has 3 nitrogen and oxygen atoms in total. The number of esters is 1. The Kier molecular flexibility index (Phi) is 3.53. The largest absolute Gasteiger partial charge is 0.447 e. The number of nitrogens with two attached hydrogens (primary N) is 1. The highest BCUT2D eigenvalue weighted by Gasteiger charge is 2.22. The van der Waals surface area contributed by atoms with E-state index >= 15 is 0 Å². The van der Waals surface area contributed by atoms with Crippen LogP contribution in [-0.2, 0) is 9.53 Å². The molecule has 0 amide bonds. The summed E-state index contributed by atoms with van der Waals surface area (Å²) in [6.45, 7) is 1.41. The van der Waals surface area contributed by atoms with Crippen LogP contribution in [0.4, 0.5) is 0 Å². The lowest BCUT2D eigenvalue weighted by atomic mass is 9.88. The minimum atomic E-state index is -0.372. The zero-order valence-electron chi connectivity index (χ0n) is 7.58. The molecule has 1 aliphatic carbocycles. The Hall–Kier alpha value is -0.570. The molecule has 0 saturated heterocycles. The third kappa shape index (κ3) is 2.81. The van der Waals surface area contributed by atoms with Gasteiger partial charge in [-0.1, -0.05) is 19.3 Å². The summed E-state index contributed by atoms with van der Waals surface area (Å²) in [5.41, 5.74) is 5.71. The molecule has 2 N–H and O–H groups in total. The fourth-order valence-corrected chi connectivity index (χ4v) is 1.75. The SMILES string of the molecule is CC(=O)OC(N)C1CCCCC1. The summed E-state index contributed by atoms with van der Waals surface area (Å²) in [5, 5.41) is 0. The lowest BCUT2D eigenvalue weighted by molar-refractivity contribution is -0.149. The van der Waals surface area contributed by atoms with Gasteiger partial charge in [-0.3, -0.25) is 10.5 Å². The summed E-state index contributed by atoms with van der Waals surface area (Å²) in [5.74, 6) is 0.121. The second kappa shape index (κ2) is 4.45. The van der Waals surface area contributed by atoms with Gasteiger partial charge in [0.25, 0.3) is 0 Å². The molecule has 0 spiro atoms. The Labute approximate surface area is 73.3 Å². The molecule has 0 aromatic rings. The Morgan fingerprint density at radius 3 is 2.50 bits per heavy atom. The average molecular weight is 171 g/mol. The van der Waals surface area contributed by atoms with Gasteiger partial charge in [0.05, 0.1) is 0 Å². The molecule has 70 valence electrons. The molecule has 12 heavy (non-hydrogen) atoms. The standard InChI is InChI=1S/C9H17NO2/c1-7(11)12-9(10)8-5-3-2-4-6-8/h8-9H,2-6,10H2,1H3. The molecule has 0 aromatic carbocycles. The van der Waals surface area contributed by atoms with Crippen LogP contribution in [-0.4, -0.2) is 12.2 Å². The molecule has 3 heteroatoms. The first-order valence-corrected chi connectivity index (χ1v) is 4.63. The maximum Gasteiger partial charge on any atom is 0.304 e. The van der Waals surface area contributed by atoms with Crippen LogP contribution in [0.15, 0.2) is 0 Å². The number of hydrogen-bond acceptors (Lipinski definition) is 3. The van der Waals surface area contributed by atoms with E-state index in [9.17, 15) is 4.79 Å². The van der Waals surface area contributed by atoms with Crippen LogP contribution < -0.4 is 5.73 Å². The van der Waals surface area contributed by atoms with E-state index in [2.05, 4.69) is 0 Å². The molecule has 1 unspecified atom stereocenters. The molecule has 1 aliphatic rings. The number of carbonyl (C=O) groups is 1. The first kappa shape index (κ1) is 9.52. The highest BCUT2D eigenvalue weighted by molar-refractivity contribution is 5.66. The van der Waals surface area contributed by atoms with Crippen molar-refractivity contribution in [1.82, 2.24) is 0 Å². The highest BCUT2D eigenvalue weighted by Crippen LogP contribution is 2.25. The normalized spacial score (nSPS) is 21.8. The first-order valence-electron chi connectivity index (χ1n) is 4.63. The molecule has 1 rings (SSSR count). The van der Waals surface area contributed by atoms with Gasteiger partial charge in [-0.25, -0.2) is 0 Å². The summed E-state index contributed by atoms with van der Waals surface area (Å²) in [4.78, 5) is 10.6. The van der Waals surface area contributed by atoms with Gasteiger partial charge < -0.3 is 4.74 Å². The second-order valence-corrected chi connectivity index (χ2v) is 3.47. The van der Waals surface area contributed by atoms with Crippen LogP contribution in [0, 0.1) is 5.92 Å². The van der Waals surface area contributed by atoms with E-state index in [-0.39, 0.29) is 12.2 Å². The monoisotopic (exact) mass is 171 g/mol. The average Bonchev–Trinajstić information content (AvgIpc) is 2.05. The van der Waals surface area contributed by atoms with E-state index in [0.717, 1.165) is 12.8 Å². The third-order valence-electron chi connectivity index (χ3n) is 2.42. The van der Waals surface area contributed by atoms with Crippen LogP contribution in [0.25, 0.3) is 0 Å². The van der Waals surface area contributed by atoms with Crippen molar-refractivity contribution >= 4 is 5.97 Å². The van der Waals surface area contributed by atoms with Gasteiger partial charge in [-0.05, 0) is 12.8 Å². The van der Waals surface area contributed by atoms with Crippen molar-refractivity contribution in [1.29, 1.82) is 0 Å². The first-order chi connectivity index (χ1) is 5.70. The summed E-state index contributed by atoms with van der Waals surface area (Å²) in [6.07, 6.45) is 5.58. The zero-order chi connectivity index (χ0) is 8.97. The summed E-state index contributed by atoms with van der Waals surface area (Å²) in [7, 11) is 0. The van der Waals surface area contributed by atoms with E-state index in [1.807, 2.05) is 0 Å². The van der Waals surface area contributed by atoms with E-state index in [1.165, 1.54) is 26.2 Å². The predicted molar refractivity (Wildman–Crippen MR) is 46.3 cm³/mol. The summed E-state index contributed by atoms with van der Waals surface area (Å²) >= 11 is 0. The zero-order valence-corrected chi connectivity index (χ0v) is 7.58. The van der Waals surface area contributed by atoms with Crippen LogP contribution >= 0.6 is 0 Å². The minimum Gasteiger partial charge on any atom is -0.447 e. The number of rotatable bonds is 2. The van der Waals surface area contributed by atoms with Crippen molar-refractivity contribution in [2.45, 2.75) is 45.3 Å². The van der Waals surface area contributed by atoms with Gasteiger partial charge in [0.1, 0.15) is 0 Å². The molecular weight excluding hydrogens is 154 g/mol. The van der Waals surface area contributed by atoms with Gasteiger partial charge in [-0.2, -0.15) is 0 Å². The number of carbonyl (C=O) groups excluding carboxylic acids is 1. The fraction of sp³-hybridized carbons (Fsp3) is 0.889. The van der Waals surface area contributed by atoms with E-state index in [0.29, 0.717) is 5.92 Å².